The summed E-state index contributed by atoms with van der Waals surface area (Å²) < 4.78 is 5.54. The van der Waals surface area contributed by atoms with Gasteiger partial charge in [-0.3, -0.25) is 4.79 Å². The van der Waals surface area contributed by atoms with Crippen LogP contribution in [0.3, 0.4) is 0 Å². The molecule has 0 heterocycles. The van der Waals surface area contributed by atoms with E-state index in [1.54, 1.807) is 12.1 Å². The van der Waals surface area contributed by atoms with Crippen molar-refractivity contribution in [3.8, 4) is 5.75 Å². The van der Waals surface area contributed by atoms with E-state index in [0.29, 0.717) is 36.0 Å². The first-order valence-corrected chi connectivity index (χ1v) is 8.27. The molecule has 0 spiro atoms. The van der Waals surface area contributed by atoms with Crippen molar-refractivity contribution in [3.63, 3.8) is 0 Å². The van der Waals surface area contributed by atoms with Gasteiger partial charge in [0.2, 0.25) is 5.91 Å². The summed E-state index contributed by atoms with van der Waals surface area (Å²) in [5.41, 5.74) is 1.96. The van der Waals surface area contributed by atoms with E-state index in [4.69, 9.17) is 27.9 Å². The second kappa shape index (κ2) is 8.80. The fourth-order valence-corrected chi connectivity index (χ4v) is 2.50. The Bertz CT molecular complexity index is 674. The van der Waals surface area contributed by atoms with Crippen LogP contribution in [-0.2, 0) is 17.8 Å². The molecule has 0 radical (unpaired) electrons. The van der Waals surface area contributed by atoms with Crippen LogP contribution in [0, 0.1) is 0 Å². The number of carbonyl (C=O) groups is 1. The Morgan fingerprint density at radius 1 is 1.13 bits per heavy atom. The van der Waals surface area contributed by atoms with Gasteiger partial charge in [0.15, 0.2) is 0 Å². The first-order chi connectivity index (χ1) is 11.1. The quantitative estimate of drug-likeness (QED) is 0.788. The second-order valence-corrected chi connectivity index (χ2v) is 5.88. The van der Waals surface area contributed by atoms with Crippen molar-refractivity contribution in [2.75, 3.05) is 6.61 Å². The number of halogens is 2. The lowest BCUT2D eigenvalue weighted by molar-refractivity contribution is -0.121. The molecule has 1 amide bonds. The second-order valence-electron chi connectivity index (χ2n) is 5.07. The molecule has 2 rings (SSSR count). The third-order valence-electron chi connectivity index (χ3n) is 3.37. The van der Waals surface area contributed by atoms with Crippen LogP contribution in [0.2, 0.25) is 10.0 Å². The molecule has 3 nitrogen and oxygen atoms in total. The summed E-state index contributed by atoms with van der Waals surface area (Å²) in [6.07, 6.45) is 1.02. The number of hydrogen-bond donors (Lipinski definition) is 1. The Morgan fingerprint density at radius 2 is 1.91 bits per heavy atom. The Balaban J connectivity index is 1.84. The van der Waals surface area contributed by atoms with E-state index in [1.165, 1.54) is 0 Å². The van der Waals surface area contributed by atoms with E-state index in [2.05, 4.69) is 5.32 Å². The Kier molecular flexibility index (Phi) is 6.75. The number of nitrogens with one attached hydrogen (secondary N) is 1. The number of hydrogen-bond acceptors (Lipinski definition) is 2. The average molecular weight is 352 g/mol. The lowest BCUT2D eigenvalue weighted by Crippen LogP contribution is -2.23. The summed E-state index contributed by atoms with van der Waals surface area (Å²) >= 11 is 11.8. The third-order valence-corrected chi connectivity index (χ3v) is 4.11. The van der Waals surface area contributed by atoms with Crippen molar-refractivity contribution in [2.24, 2.45) is 0 Å². The maximum absolute atomic E-state index is 12.0. The number of rotatable bonds is 7. The zero-order valence-corrected chi connectivity index (χ0v) is 14.5. The molecule has 0 saturated carbocycles. The molecule has 1 N–H and O–H groups in total. The van der Waals surface area contributed by atoms with E-state index >= 15 is 0 Å². The fourth-order valence-electron chi connectivity index (χ4n) is 2.18. The summed E-state index contributed by atoms with van der Waals surface area (Å²) in [7, 11) is 0. The van der Waals surface area contributed by atoms with E-state index in [1.807, 2.05) is 37.3 Å². The van der Waals surface area contributed by atoms with Gasteiger partial charge in [0.1, 0.15) is 5.75 Å². The number of carbonyl (C=O) groups excluding carboxylic acids is 1. The van der Waals surface area contributed by atoms with Crippen LogP contribution in [0.15, 0.2) is 42.5 Å². The maximum atomic E-state index is 12.0. The molecule has 0 atom stereocenters. The van der Waals surface area contributed by atoms with Crippen LogP contribution in [-0.4, -0.2) is 12.5 Å². The zero-order chi connectivity index (χ0) is 16.7. The highest BCUT2D eigenvalue weighted by Crippen LogP contribution is 2.23. The monoisotopic (exact) mass is 351 g/mol. The molecule has 0 bridgehead atoms. The SMILES string of the molecule is CCOc1ccccc1CNC(=O)CCc1ccc(Cl)c(Cl)c1. The molecule has 0 aliphatic carbocycles. The molecule has 0 saturated heterocycles. The highest BCUT2D eigenvalue weighted by Gasteiger charge is 2.07. The van der Waals surface area contributed by atoms with Gasteiger partial charge in [-0.1, -0.05) is 47.5 Å². The van der Waals surface area contributed by atoms with Gasteiger partial charge in [-0.15, -0.1) is 0 Å². The molecule has 0 fully saturated rings. The smallest absolute Gasteiger partial charge is 0.220 e. The predicted molar refractivity (Wildman–Crippen MR) is 94.2 cm³/mol. The molecule has 23 heavy (non-hydrogen) atoms. The largest absolute Gasteiger partial charge is 0.494 e. The standard InChI is InChI=1S/C18H19Cl2NO2/c1-2-23-17-6-4-3-5-14(17)12-21-18(22)10-8-13-7-9-15(19)16(20)11-13/h3-7,9,11H,2,8,10,12H2,1H3,(H,21,22). The van der Waals surface area contributed by atoms with E-state index < -0.39 is 0 Å². The van der Waals surface area contributed by atoms with Crippen molar-refractivity contribution < 1.29 is 9.53 Å². The maximum Gasteiger partial charge on any atom is 0.220 e. The first kappa shape index (κ1) is 17.6. The molecular weight excluding hydrogens is 333 g/mol. The highest BCUT2D eigenvalue weighted by atomic mass is 35.5. The van der Waals surface area contributed by atoms with Crippen LogP contribution in [0.1, 0.15) is 24.5 Å². The van der Waals surface area contributed by atoms with Gasteiger partial charge in [-0.2, -0.15) is 0 Å². The van der Waals surface area contributed by atoms with Crippen LogP contribution < -0.4 is 10.1 Å². The topological polar surface area (TPSA) is 38.3 Å². The highest BCUT2D eigenvalue weighted by molar-refractivity contribution is 6.42. The Morgan fingerprint density at radius 3 is 2.65 bits per heavy atom. The van der Waals surface area contributed by atoms with Crippen LogP contribution in [0.5, 0.6) is 5.75 Å². The first-order valence-electron chi connectivity index (χ1n) is 7.51. The zero-order valence-electron chi connectivity index (χ0n) is 12.9. The number of para-hydroxylation sites is 1. The minimum Gasteiger partial charge on any atom is -0.494 e. The molecule has 0 aliphatic heterocycles. The third kappa shape index (κ3) is 5.45. The Hall–Kier alpha value is -1.71. The minimum absolute atomic E-state index is 0.0117. The van der Waals surface area contributed by atoms with Gasteiger partial charge in [-0.05, 0) is 37.1 Å². The molecule has 0 aliphatic rings. The van der Waals surface area contributed by atoms with Crippen molar-refractivity contribution in [2.45, 2.75) is 26.3 Å². The molecule has 0 unspecified atom stereocenters. The van der Waals surface area contributed by atoms with E-state index in [9.17, 15) is 4.79 Å². The molecular formula is C18H19Cl2NO2. The summed E-state index contributed by atoms with van der Waals surface area (Å²) in [4.78, 5) is 12.0. The van der Waals surface area contributed by atoms with Gasteiger partial charge in [-0.25, -0.2) is 0 Å². The predicted octanol–water partition coefficient (Wildman–Crippen LogP) is 4.64. The van der Waals surface area contributed by atoms with Gasteiger partial charge in [0.25, 0.3) is 0 Å². The van der Waals surface area contributed by atoms with Gasteiger partial charge < -0.3 is 10.1 Å². The molecule has 2 aromatic carbocycles. The minimum atomic E-state index is -0.0117. The number of aryl methyl sites for hydroxylation is 1. The fraction of sp³-hybridized carbons (Fsp3) is 0.278. The molecule has 2 aromatic rings. The normalized spacial score (nSPS) is 10.4. The average Bonchev–Trinajstić information content (AvgIpc) is 2.55. The summed E-state index contributed by atoms with van der Waals surface area (Å²) in [6.45, 7) is 2.99. The van der Waals surface area contributed by atoms with E-state index in [0.717, 1.165) is 16.9 Å². The van der Waals surface area contributed by atoms with Crippen LogP contribution in [0.25, 0.3) is 0 Å². The van der Waals surface area contributed by atoms with Crippen molar-refractivity contribution >= 4 is 29.1 Å². The summed E-state index contributed by atoms with van der Waals surface area (Å²) in [5.74, 6) is 0.794. The van der Waals surface area contributed by atoms with E-state index in [-0.39, 0.29) is 5.91 Å². The number of ether oxygens (including phenoxy) is 1. The number of benzene rings is 2. The van der Waals surface area contributed by atoms with Crippen molar-refractivity contribution in [1.82, 2.24) is 5.32 Å². The molecule has 122 valence electrons. The van der Waals surface area contributed by atoms with Gasteiger partial charge >= 0.3 is 0 Å². The lowest BCUT2D eigenvalue weighted by Gasteiger charge is -2.11. The number of amides is 1. The summed E-state index contributed by atoms with van der Waals surface area (Å²) in [5, 5.41) is 3.95. The van der Waals surface area contributed by atoms with Gasteiger partial charge in [0.05, 0.1) is 16.7 Å². The van der Waals surface area contributed by atoms with Crippen molar-refractivity contribution in [3.05, 3.63) is 63.6 Å². The van der Waals surface area contributed by atoms with Gasteiger partial charge in [0, 0.05) is 18.5 Å². The van der Waals surface area contributed by atoms with Crippen LogP contribution in [0.4, 0.5) is 0 Å². The Labute approximate surface area is 146 Å². The lowest BCUT2D eigenvalue weighted by atomic mass is 10.1. The van der Waals surface area contributed by atoms with Crippen LogP contribution >= 0.6 is 23.2 Å². The van der Waals surface area contributed by atoms with Crippen molar-refractivity contribution in [1.29, 1.82) is 0 Å². The molecule has 0 aromatic heterocycles. The molecule has 5 heteroatoms. The summed E-state index contributed by atoms with van der Waals surface area (Å²) in [6, 6.07) is 13.1.